The number of ether oxygens (including phenoxy) is 1. The summed E-state index contributed by atoms with van der Waals surface area (Å²) in [6.45, 7) is 4.65. The van der Waals surface area contributed by atoms with Crippen molar-refractivity contribution in [1.29, 1.82) is 0 Å². The maximum Gasteiger partial charge on any atom is 0.228 e. The highest BCUT2D eigenvalue weighted by molar-refractivity contribution is 5.91. The predicted octanol–water partition coefficient (Wildman–Crippen LogP) is 3.47. The number of aromatic nitrogens is 2. The van der Waals surface area contributed by atoms with Gasteiger partial charge in [-0.15, -0.1) is 10.2 Å². The summed E-state index contributed by atoms with van der Waals surface area (Å²) in [6.07, 6.45) is 1.63. The minimum atomic E-state index is -0.00626. The highest BCUT2D eigenvalue weighted by Crippen LogP contribution is 2.14. The Bertz CT molecular complexity index is 637. The van der Waals surface area contributed by atoms with Crippen molar-refractivity contribution >= 4 is 17.5 Å². The van der Waals surface area contributed by atoms with Gasteiger partial charge in [-0.1, -0.05) is 26.0 Å². The minimum absolute atomic E-state index is 0.00626. The number of carbonyl (C=O) groups is 1. The normalized spacial score (nSPS) is 10.5. The Morgan fingerprint density at radius 3 is 2.21 bits per heavy atom. The molecule has 2 rings (SSSR count). The Kier molecular flexibility index (Phi) is 6.54. The van der Waals surface area contributed by atoms with E-state index < -0.39 is 0 Å². The largest absolute Gasteiger partial charge is 0.497 e. The van der Waals surface area contributed by atoms with Crippen molar-refractivity contribution in [2.24, 2.45) is 5.92 Å². The number of methoxy groups -OCH3 is 1. The molecule has 1 amide bonds. The molecule has 0 aliphatic carbocycles. The number of hydrogen-bond acceptors (Lipinski definition) is 5. The first kappa shape index (κ1) is 17.7. The van der Waals surface area contributed by atoms with Crippen LogP contribution in [0.3, 0.4) is 0 Å². The SMILES string of the molecule is CCC(CC)C(=O)Nc1ccc(NCc2ccc(OC)cc2)nn1. The van der Waals surface area contributed by atoms with Crippen LogP contribution in [0.4, 0.5) is 11.6 Å². The van der Waals surface area contributed by atoms with E-state index in [0.29, 0.717) is 18.2 Å². The van der Waals surface area contributed by atoms with E-state index in [1.165, 1.54) is 0 Å². The average Bonchev–Trinajstić information content (AvgIpc) is 2.62. The van der Waals surface area contributed by atoms with E-state index in [0.717, 1.165) is 24.2 Å². The number of carbonyl (C=O) groups excluding carboxylic acids is 1. The molecule has 6 nitrogen and oxygen atoms in total. The third-order valence-electron chi connectivity index (χ3n) is 3.90. The van der Waals surface area contributed by atoms with Crippen LogP contribution in [0.25, 0.3) is 0 Å². The summed E-state index contributed by atoms with van der Waals surface area (Å²) in [7, 11) is 1.65. The van der Waals surface area contributed by atoms with Gasteiger partial charge in [0.25, 0.3) is 0 Å². The van der Waals surface area contributed by atoms with Gasteiger partial charge in [-0.05, 0) is 42.7 Å². The fourth-order valence-corrected chi connectivity index (χ4v) is 2.32. The zero-order valence-electron chi connectivity index (χ0n) is 14.4. The first-order chi connectivity index (χ1) is 11.7. The molecule has 0 aliphatic rings. The number of hydrogen-bond donors (Lipinski definition) is 2. The molecule has 0 aliphatic heterocycles. The summed E-state index contributed by atoms with van der Waals surface area (Å²) in [4.78, 5) is 12.0. The molecule has 0 fully saturated rings. The predicted molar refractivity (Wildman–Crippen MR) is 95.1 cm³/mol. The summed E-state index contributed by atoms with van der Waals surface area (Å²) in [5.74, 6) is 1.97. The van der Waals surface area contributed by atoms with Gasteiger partial charge >= 0.3 is 0 Å². The lowest BCUT2D eigenvalue weighted by molar-refractivity contribution is -0.120. The van der Waals surface area contributed by atoms with Crippen LogP contribution >= 0.6 is 0 Å². The van der Waals surface area contributed by atoms with Crippen LogP contribution in [-0.2, 0) is 11.3 Å². The van der Waals surface area contributed by atoms with Gasteiger partial charge < -0.3 is 15.4 Å². The van der Waals surface area contributed by atoms with Crippen LogP contribution < -0.4 is 15.4 Å². The molecule has 0 spiro atoms. The van der Waals surface area contributed by atoms with Crippen LogP contribution in [0.2, 0.25) is 0 Å². The van der Waals surface area contributed by atoms with Gasteiger partial charge in [0, 0.05) is 12.5 Å². The summed E-state index contributed by atoms with van der Waals surface area (Å²) in [6, 6.07) is 11.4. The van der Waals surface area contributed by atoms with Gasteiger partial charge in [-0.3, -0.25) is 4.79 Å². The van der Waals surface area contributed by atoms with Crippen LogP contribution in [0, 0.1) is 5.92 Å². The topological polar surface area (TPSA) is 76.1 Å². The monoisotopic (exact) mass is 328 g/mol. The Hall–Kier alpha value is -2.63. The number of rotatable bonds is 8. The van der Waals surface area contributed by atoms with E-state index in [1.807, 2.05) is 38.1 Å². The first-order valence-corrected chi connectivity index (χ1v) is 8.17. The van der Waals surface area contributed by atoms with E-state index >= 15 is 0 Å². The fourth-order valence-electron chi connectivity index (χ4n) is 2.32. The maximum absolute atomic E-state index is 12.0. The molecule has 128 valence electrons. The summed E-state index contributed by atoms with van der Waals surface area (Å²) < 4.78 is 5.13. The second kappa shape index (κ2) is 8.86. The number of benzene rings is 1. The lowest BCUT2D eigenvalue weighted by Crippen LogP contribution is -2.22. The Balaban J connectivity index is 1.88. The van der Waals surface area contributed by atoms with E-state index in [1.54, 1.807) is 19.2 Å². The van der Waals surface area contributed by atoms with Crippen LogP contribution in [0.1, 0.15) is 32.3 Å². The Morgan fingerprint density at radius 2 is 1.67 bits per heavy atom. The maximum atomic E-state index is 12.0. The third-order valence-corrected chi connectivity index (χ3v) is 3.90. The molecule has 0 saturated heterocycles. The van der Waals surface area contributed by atoms with E-state index in [-0.39, 0.29) is 11.8 Å². The summed E-state index contributed by atoms with van der Waals surface area (Å²) >= 11 is 0. The molecule has 1 aromatic heterocycles. The summed E-state index contributed by atoms with van der Waals surface area (Å²) in [5, 5.41) is 14.1. The van der Waals surface area contributed by atoms with E-state index in [2.05, 4.69) is 20.8 Å². The molecule has 0 unspecified atom stereocenters. The van der Waals surface area contributed by atoms with Crippen molar-refractivity contribution in [3.63, 3.8) is 0 Å². The Labute approximate surface area is 142 Å². The number of nitrogens with one attached hydrogen (secondary N) is 2. The van der Waals surface area contributed by atoms with E-state index in [9.17, 15) is 4.79 Å². The molecule has 1 aromatic carbocycles. The quantitative estimate of drug-likeness (QED) is 0.776. The summed E-state index contributed by atoms with van der Waals surface area (Å²) in [5.41, 5.74) is 1.11. The van der Waals surface area contributed by atoms with Gasteiger partial charge in [-0.25, -0.2) is 0 Å². The molecule has 0 atom stereocenters. The molecule has 0 radical (unpaired) electrons. The smallest absolute Gasteiger partial charge is 0.228 e. The minimum Gasteiger partial charge on any atom is -0.497 e. The number of anilines is 2. The molecule has 0 bridgehead atoms. The van der Waals surface area contributed by atoms with Gasteiger partial charge in [-0.2, -0.15) is 0 Å². The molecular weight excluding hydrogens is 304 g/mol. The van der Waals surface area contributed by atoms with Crippen molar-refractivity contribution in [1.82, 2.24) is 10.2 Å². The van der Waals surface area contributed by atoms with Crippen LogP contribution in [-0.4, -0.2) is 23.2 Å². The molecule has 0 saturated carbocycles. The van der Waals surface area contributed by atoms with Crippen LogP contribution in [0.15, 0.2) is 36.4 Å². The first-order valence-electron chi connectivity index (χ1n) is 8.17. The van der Waals surface area contributed by atoms with Crippen molar-refractivity contribution < 1.29 is 9.53 Å². The third kappa shape index (κ3) is 4.94. The van der Waals surface area contributed by atoms with Gasteiger partial charge in [0.1, 0.15) is 11.6 Å². The highest BCUT2D eigenvalue weighted by atomic mass is 16.5. The lowest BCUT2D eigenvalue weighted by Gasteiger charge is -2.12. The molecule has 2 aromatic rings. The van der Waals surface area contributed by atoms with Crippen molar-refractivity contribution in [3.8, 4) is 5.75 Å². The number of amides is 1. The second-order valence-corrected chi connectivity index (χ2v) is 5.51. The Morgan fingerprint density at radius 1 is 1.04 bits per heavy atom. The van der Waals surface area contributed by atoms with Gasteiger partial charge in [0.15, 0.2) is 5.82 Å². The highest BCUT2D eigenvalue weighted by Gasteiger charge is 2.14. The van der Waals surface area contributed by atoms with Crippen molar-refractivity contribution in [2.45, 2.75) is 33.2 Å². The molecule has 1 heterocycles. The van der Waals surface area contributed by atoms with Crippen molar-refractivity contribution in [2.75, 3.05) is 17.7 Å². The molecule has 24 heavy (non-hydrogen) atoms. The van der Waals surface area contributed by atoms with Gasteiger partial charge in [0.2, 0.25) is 5.91 Å². The van der Waals surface area contributed by atoms with Crippen LogP contribution in [0.5, 0.6) is 5.75 Å². The standard InChI is InChI=1S/C18H24N4O2/c1-4-14(5-2)18(23)20-17-11-10-16(21-22-17)19-12-13-6-8-15(24-3)9-7-13/h6-11,14H,4-5,12H2,1-3H3,(H,19,21)(H,20,22,23). The van der Waals surface area contributed by atoms with E-state index in [4.69, 9.17) is 4.74 Å². The zero-order chi connectivity index (χ0) is 17.4. The fraction of sp³-hybridized carbons (Fsp3) is 0.389. The molecule has 6 heteroatoms. The lowest BCUT2D eigenvalue weighted by atomic mass is 10.0. The number of nitrogens with zero attached hydrogens (tertiary/aromatic N) is 2. The van der Waals surface area contributed by atoms with Crippen molar-refractivity contribution in [3.05, 3.63) is 42.0 Å². The molecular formula is C18H24N4O2. The zero-order valence-corrected chi connectivity index (χ0v) is 14.4. The molecule has 2 N–H and O–H groups in total. The average molecular weight is 328 g/mol. The second-order valence-electron chi connectivity index (χ2n) is 5.51. The van der Waals surface area contributed by atoms with Gasteiger partial charge in [0.05, 0.1) is 7.11 Å².